The molecule has 106 valence electrons. The lowest BCUT2D eigenvalue weighted by molar-refractivity contribution is 0.180. The predicted octanol–water partition coefficient (Wildman–Crippen LogP) is 4.64. The number of rotatable bonds is 3. The SMILES string of the molecule is CNC(c1ccc(C)cc1C)C1CC(C)CC(C)C1. The molecule has 0 aromatic heterocycles. The van der Waals surface area contributed by atoms with Crippen LogP contribution in [0.5, 0.6) is 0 Å². The molecule has 3 unspecified atom stereocenters. The van der Waals surface area contributed by atoms with E-state index in [2.05, 4.69) is 58.3 Å². The zero-order valence-corrected chi connectivity index (χ0v) is 13.2. The van der Waals surface area contributed by atoms with Crippen LogP contribution in [-0.4, -0.2) is 7.05 Å². The van der Waals surface area contributed by atoms with Crippen molar-refractivity contribution in [3.63, 3.8) is 0 Å². The number of aryl methyl sites for hydroxylation is 2. The Morgan fingerprint density at radius 3 is 2.21 bits per heavy atom. The van der Waals surface area contributed by atoms with Gasteiger partial charge in [0.15, 0.2) is 0 Å². The molecule has 0 heterocycles. The third-order valence-electron chi connectivity index (χ3n) is 4.76. The molecule has 2 rings (SSSR count). The van der Waals surface area contributed by atoms with E-state index >= 15 is 0 Å². The molecular formula is C18H29N. The van der Waals surface area contributed by atoms with Crippen molar-refractivity contribution < 1.29 is 0 Å². The molecule has 0 radical (unpaired) electrons. The van der Waals surface area contributed by atoms with Gasteiger partial charge < -0.3 is 5.32 Å². The van der Waals surface area contributed by atoms with Gasteiger partial charge >= 0.3 is 0 Å². The number of nitrogens with one attached hydrogen (secondary N) is 1. The monoisotopic (exact) mass is 259 g/mol. The molecule has 19 heavy (non-hydrogen) atoms. The van der Waals surface area contributed by atoms with Crippen molar-refractivity contribution in [2.75, 3.05) is 7.05 Å². The zero-order valence-electron chi connectivity index (χ0n) is 13.2. The Labute approximate surface area is 118 Å². The van der Waals surface area contributed by atoms with Gasteiger partial charge in [0.2, 0.25) is 0 Å². The van der Waals surface area contributed by atoms with Crippen molar-refractivity contribution in [3.8, 4) is 0 Å². The third-order valence-corrected chi connectivity index (χ3v) is 4.76. The van der Waals surface area contributed by atoms with Crippen LogP contribution in [0, 0.1) is 31.6 Å². The topological polar surface area (TPSA) is 12.0 Å². The van der Waals surface area contributed by atoms with Crippen LogP contribution in [0.1, 0.15) is 55.8 Å². The fraction of sp³-hybridized carbons (Fsp3) is 0.667. The summed E-state index contributed by atoms with van der Waals surface area (Å²) in [5, 5.41) is 3.59. The normalized spacial score (nSPS) is 29.2. The molecule has 3 atom stereocenters. The van der Waals surface area contributed by atoms with E-state index in [0.29, 0.717) is 6.04 Å². The quantitative estimate of drug-likeness (QED) is 0.834. The van der Waals surface area contributed by atoms with E-state index < -0.39 is 0 Å². The van der Waals surface area contributed by atoms with Gasteiger partial charge in [-0.1, -0.05) is 37.6 Å². The highest BCUT2D eigenvalue weighted by Gasteiger charge is 2.30. The summed E-state index contributed by atoms with van der Waals surface area (Å²) < 4.78 is 0. The van der Waals surface area contributed by atoms with Crippen LogP contribution < -0.4 is 5.32 Å². The maximum Gasteiger partial charge on any atom is 0.0348 e. The number of hydrogen-bond acceptors (Lipinski definition) is 1. The maximum absolute atomic E-state index is 3.59. The first-order valence-electron chi connectivity index (χ1n) is 7.75. The first-order chi connectivity index (χ1) is 9.01. The summed E-state index contributed by atoms with van der Waals surface area (Å²) in [6, 6.07) is 7.42. The van der Waals surface area contributed by atoms with E-state index in [-0.39, 0.29) is 0 Å². The van der Waals surface area contributed by atoms with E-state index in [1.165, 1.54) is 36.0 Å². The standard InChI is InChI=1S/C18H29N/c1-12-6-7-17(15(4)9-12)18(19-5)16-10-13(2)8-14(3)11-16/h6-7,9,13-14,16,18-19H,8,10-11H2,1-5H3. The Bertz CT molecular complexity index is 414. The van der Waals surface area contributed by atoms with Crippen molar-refractivity contribution in [1.82, 2.24) is 5.32 Å². The molecule has 0 spiro atoms. The van der Waals surface area contributed by atoms with Crippen LogP contribution in [0.4, 0.5) is 0 Å². The second-order valence-electron chi connectivity index (χ2n) is 6.80. The molecule has 1 nitrogen and oxygen atoms in total. The van der Waals surface area contributed by atoms with Gasteiger partial charge in [-0.3, -0.25) is 0 Å². The Morgan fingerprint density at radius 2 is 1.68 bits per heavy atom. The highest BCUT2D eigenvalue weighted by molar-refractivity contribution is 5.33. The second kappa shape index (κ2) is 6.09. The summed E-state index contributed by atoms with van der Waals surface area (Å²) in [7, 11) is 2.12. The molecule has 1 aliphatic rings. The largest absolute Gasteiger partial charge is 0.313 e. The molecule has 1 aromatic rings. The summed E-state index contributed by atoms with van der Waals surface area (Å²) in [5.41, 5.74) is 4.30. The number of benzene rings is 1. The van der Waals surface area contributed by atoms with Gasteiger partial charge in [-0.25, -0.2) is 0 Å². The van der Waals surface area contributed by atoms with E-state index in [0.717, 1.165) is 17.8 Å². The lowest BCUT2D eigenvalue weighted by Crippen LogP contribution is -2.31. The lowest BCUT2D eigenvalue weighted by Gasteiger charge is -2.37. The molecule has 0 aliphatic heterocycles. The average Bonchev–Trinajstić information content (AvgIpc) is 2.31. The Balaban J connectivity index is 2.23. The van der Waals surface area contributed by atoms with Gasteiger partial charge in [0.25, 0.3) is 0 Å². The molecule has 1 aromatic carbocycles. The lowest BCUT2D eigenvalue weighted by atomic mass is 9.72. The first kappa shape index (κ1) is 14.6. The minimum absolute atomic E-state index is 0.519. The van der Waals surface area contributed by atoms with Crippen LogP contribution in [0.2, 0.25) is 0 Å². The smallest absolute Gasteiger partial charge is 0.0348 e. The van der Waals surface area contributed by atoms with E-state index in [1.807, 2.05) is 0 Å². The highest BCUT2D eigenvalue weighted by Crippen LogP contribution is 2.40. The van der Waals surface area contributed by atoms with E-state index in [9.17, 15) is 0 Å². The molecule has 1 saturated carbocycles. The van der Waals surface area contributed by atoms with Crippen LogP contribution >= 0.6 is 0 Å². The van der Waals surface area contributed by atoms with Gasteiger partial charge in [0, 0.05) is 6.04 Å². The number of hydrogen-bond donors (Lipinski definition) is 1. The van der Waals surface area contributed by atoms with Crippen molar-refractivity contribution in [1.29, 1.82) is 0 Å². The third kappa shape index (κ3) is 3.39. The first-order valence-corrected chi connectivity index (χ1v) is 7.75. The minimum atomic E-state index is 0.519. The fourth-order valence-corrected chi connectivity index (χ4v) is 4.10. The molecule has 0 bridgehead atoms. The van der Waals surface area contributed by atoms with Crippen molar-refractivity contribution in [2.24, 2.45) is 17.8 Å². The Morgan fingerprint density at radius 1 is 1.05 bits per heavy atom. The van der Waals surface area contributed by atoms with E-state index in [1.54, 1.807) is 0 Å². The minimum Gasteiger partial charge on any atom is -0.313 e. The van der Waals surface area contributed by atoms with E-state index in [4.69, 9.17) is 0 Å². The Hall–Kier alpha value is -0.820. The zero-order chi connectivity index (χ0) is 14.0. The van der Waals surface area contributed by atoms with Gasteiger partial charge in [0.1, 0.15) is 0 Å². The highest BCUT2D eigenvalue weighted by atomic mass is 14.9. The van der Waals surface area contributed by atoms with Crippen LogP contribution in [-0.2, 0) is 0 Å². The van der Waals surface area contributed by atoms with Gasteiger partial charge in [-0.05, 0) is 69.0 Å². The molecule has 1 heteroatoms. The molecule has 1 N–H and O–H groups in total. The molecule has 1 fully saturated rings. The van der Waals surface area contributed by atoms with Crippen molar-refractivity contribution in [3.05, 3.63) is 34.9 Å². The summed E-state index contributed by atoms with van der Waals surface area (Å²) in [4.78, 5) is 0. The predicted molar refractivity (Wildman–Crippen MR) is 83.4 cm³/mol. The average molecular weight is 259 g/mol. The summed E-state index contributed by atoms with van der Waals surface area (Å²) in [6.07, 6.45) is 4.13. The van der Waals surface area contributed by atoms with Crippen LogP contribution in [0.15, 0.2) is 18.2 Å². The fourth-order valence-electron chi connectivity index (χ4n) is 4.10. The maximum atomic E-state index is 3.59. The van der Waals surface area contributed by atoms with Gasteiger partial charge in [-0.2, -0.15) is 0 Å². The van der Waals surface area contributed by atoms with Crippen molar-refractivity contribution in [2.45, 2.75) is 53.0 Å². The molecule has 0 amide bonds. The second-order valence-corrected chi connectivity index (χ2v) is 6.80. The molecule has 0 saturated heterocycles. The summed E-state index contributed by atoms with van der Waals surface area (Å²) in [6.45, 7) is 9.26. The summed E-state index contributed by atoms with van der Waals surface area (Å²) in [5.74, 6) is 2.52. The molecular weight excluding hydrogens is 230 g/mol. The van der Waals surface area contributed by atoms with Crippen LogP contribution in [0.3, 0.4) is 0 Å². The van der Waals surface area contributed by atoms with Gasteiger partial charge in [0.05, 0.1) is 0 Å². The summed E-state index contributed by atoms with van der Waals surface area (Å²) >= 11 is 0. The van der Waals surface area contributed by atoms with Crippen LogP contribution in [0.25, 0.3) is 0 Å². The van der Waals surface area contributed by atoms with Crippen molar-refractivity contribution >= 4 is 0 Å². The Kier molecular flexibility index (Phi) is 4.67. The van der Waals surface area contributed by atoms with Gasteiger partial charge in [-0.15, -0.1) is 0 Å². The molecule has 1 aliphatic carbocycles.